The number of halogens is 1. The van der Waals surface area contributed by atoms with Crippen LogP contribution in [-0.4, -0.2) is 52.7 Å². The van der Waals surface area contributed by atoms with E-state index in [1.54, 1.807) is 23.0 Å². The SMILES string of the molecule is CN(C)C1CCN(c2ccc(Nc3ncc(Br)c(Nc4cccn(-c5ccccc5)c4=O)n3)cc2)CC1. The number of nitrogens with zero attached hydrogens (tertiary/aromatic N) is 5. The van der Waals surface area contributed by atoms with E-state index < -0.39 is 0 Å². The minimum Gasteiger partial charge on any atom is -0.371 e. The molecule has 3 heterocycles. The lowest BCUT2D eigenvalue weighted by atomic mass is 10.0. The highest BCUT2D eigenvalue weighted by atomic mass is 79.9. The molecule has 1 aliphatic heterocycles. The summed E-state index contributed by atoms with van der Waals surface area (Å²) in [6.07, 6.45) is 5.76. The Balaban J connectivity index is 1.29. The second-order valence-electron chi connectivity index (χ2n) is 9.30. The summed E-state index contributed by atoms with van der Waals surface area (Å²) in [4.78, 5) is 26.8. The Morgan fingerprint density at radius 1 is 0.919 bits per heavy atom. The van der Waals surface area contributed by atoms with Gasteiger partial charge in [0.25, 0.3) is 5.56 Å². The topological polar surface area (TPSA) is 78.3 Å². The molecule has 37 heavy (non-hydrogen) atoms. The summed E-state index contributed by atoms with van der Waals surface area (Å²) >= 11 is 3.50. The molecule has 190 valence electrons. The first-order chi connectivity index (χ1) is 18.0. The van der Waals surface area contributed by atoms with Crippen LogP contribution in [0, 0.1) is 0 Å². The molecule has 5 rings (SSSR count). The fourth-order valence-corrected chi connectivity index (χ4v) is 4.84. The lowest BCUT2D eigenvalue weighted by Crippen LogP contribution is -2.41. The number of hydrogen-bond donors (Lipinski definition) is 2. The maximum atomic E-state index is 13.1. The number of benzene rings is 2. The summed E-state index contributed by atoms with van der Waals surface area (Å²) in [5, 5.41) is 6.43. The van der Waals surface area contributed by atoms with Gasteiger partial charge in [-0.25, -0.2) is 4.98 Å². The molecule has 0 aliphatic carbocycles. The van der Waals surface area contributed by atoms with Crippen LogP contribution in [0.25, 0.3) is 5.69 Å². The van der Waals surface area contributed by atoms with Gasteiger partial charge in [-0.2, -0.15) is 4.98 Å². The fraction of sp³-hybridized carbons (Fsp3) is 0.250. The number of para-hydroxylation sites is 1. The quantitative estimate of drug-likeness (QED) is 0.313. The van der Waals surface area contributed by atoms with Crippen molar-refractivity contribution in [3.8, 4) is 5.69 Å². The molecule has 1 aliphatic rings. The minimum atomic E-state index is -0.168. The zero-order valence-electron chi connectivity index (χ0n) is 20.9. The standard InChI is InChI=1S/C28H30BrN7O/c1-34(2)21-14-17-35(18-15-21)22-12-10-20(11-13-22)31-28-30-19-24(29)26(33-28)32-25-9-6-16-36(27(25)37)23-7-4-3-5-8-23/h3-13,16,19,21H,14-15,17-18H2,1-2H3,(H2,30,31,32,33). The van der Waals surface area contributed by atoms with E-state index in [4.69, 9.17) is 0 Å². The molecular weight excluding hydrogens is 530 g/mol. The Kier molecular flexibility index (Phi) is 7.52. The van der Waals surface area contributed by atoms with Crippen LogP contribution < -0.4 is 21.1 Å². The molecule has 0 radical (unpaired) electrons. The number of pyridine rings is 1. The predicted octanol–water partition coefficient (Wildman–Crippen LogP) is 5.41. The van der Waals surface area contributed by atoms with Gasteiger partial charge in [-0.3, -0.25) is 9.36 Å². The largest absolute Gasteiger partial charge is 0.371 e. The minimum absolute atomic E-state index is 0.168. The van der Waals surface area contributed by atoms with Crippen LogP contribution >= 0.6 is 15.9 Å². The van der Waals surface area contributed by atoms with Crippen molar-refractivity contribution in [3.63, 3.8) is 0 Å². The number of nitrogens with one attached hydrogen (secondary N) is 2. The van der Waals surface area contributed by atoms with E-state index in [0.29, 0.717) is 28.0 Å². The second-order valence-corrected chi connectivity index (χ2v) is 10.2. The third-order valence-electron chi connectivity index (χ3n) is 6.66. The van der Waals surface area contributed by atoms with Crippen molar-refractivity contribution in [2.75, 3.05) is 42.7 Å². The van der Waals surface area contributed by atoms with Crippen LogP contribution in [0.4, 0.5) is 28.8 Å². The Morgan fingerprint density at radius 2 is 1.65 bits per heavy atom. The molecule has 2 aromatic heterocycles. The molecule has 2 aromatic carbocycles. The van der Waals surface area contributed by atoms with E-state index in [-0.39, 0.29) is 5.56 Å². The summed E-state index contributed by atoms with van der Waals surface area (Å²) in [6, 6.07) is 22.1. The zero-order chi connectivity index (χ0) is 25.8. The van der Waals surface area contributed by atoms with E-state index in [2.05, 4.69) is 72.6 Å². The second kappa shape index (κ2) is 11.1. The molecule has 0 amide bonds. The van der Waals surface area contributed by atoms with Gasteiger partial charge < -0.3 is 20.4 Å². The summed E-state index contributed by atoms with van der Waals surface area (Å²) in [5.41, 5.74) is 3.16. The summed E-state index contributed by atoms with van der Waals surface area (Å²) in [7, 11) is 4.32. The van der Waals surface area contributed by atoms with Crippen molar-refractivity contribution < 1.29 is 0 Å². The van der Waals surface area contributed by atoms with Gasteiger partial charge in [0, 0.05) is 48.6 Å². The van der Waals surface area contributed by atoms with Crippen molar-refractivity contribution in [1.29, 1.82) is 0 Å². The van der Waals surface area contributed by atoms with E-state index >= 15 is 0 Å². The van der Waals surface area contributed by atoms with Gasteiger partial charge >= 0.3 is 0 Å². The first-order valence-electron chi connectivity index (χ1n) is 12.3. The highest BCUT2D eigenvalue weighted by Gasteiger charge is 2.20. The van der Waals surface area contributed by atoms with Crippen molar-refractivity contribution in [3.05, 3.63) is 94.0 Å². The molecule has 9 heteroatoms. The lowest BCUT2D eigenvalue weighted by Gasteiger charge is -2.36. The molecule has 0 saturated carbocycles. The lowest BCUT2D eigenvalue weighted by molar-refractivity contribution is 0.249. The van der Waals surface area contributed by atoms with Gasteiger partial charge in [0.1, 0.15) is 5.69 Å². The first kappa shape index (κ1) is 25.0. The molecular formula is C28H30BrN7O. The molecule has 4 aromatic rings. The number of rotatable bonds is 7. The molecule has 8 nitrogen and oxygen atoms in total. The predicted molar refractivity (Wildman–Crippen MR) is 154 cm³/mol. The number of hydrogen-bond acceptors (Lipinski definition) is 7. The van der Waals surface area contributed by atoms with Crippen LogP contribution in [0.3, 0.4) is 0 Å². The maximum absolute atomic E-state index is 13.1. The Labute approximate surface area is 225 Å². The van der Waals surface area contributed by atoms with Crippen LogP contribution in [0.15, 0.2) is 88.4 Å². The van der Waals surface area contributed by atoms with Crippen LogP contribution in [0.5, 0.6) is 0 Å². The summed E-state index contributed by atoms with van der Waals surface area (Å²) in [5.74, 6) is 0.936. The van der Waals surface area contributed by atoms with Gasteiger partial charge in [-0.1, -0.05) is 18.2 Å². The van der Waals surface area contributed by atoms with Gasteiger partial charge in [-0.15, -0.1) is 0 Å². The van der Waals surface area contributed by atoms with Crippen LogP contribution in [0.2, 0.25) is 0 Å². The third-order valence-corrected chi connectivity index (χ3v) is 7.24. The van der Waals surface area contributed by atoms with Crippen LogP contribution in [-0.2, 0) is 0 Å². The molecule has 0 bridgehead atoms. The van der Waals surface area contributed by atoms with Crippen molar-refractivity contribution in [1.82, 2.24) is 19.4 Å². The molecule has 2 N–H and O–H groups in total. The van der Waals surface area contributed by atoms with Gasteiger partial charge in [0.15, 0.2) is 5.82 Å². The summed E-state index contributed by atoms with van der Waals surface area (Å²) < 4.78 is 2.25. The van der Waals surface area contributed by atoms with Crippen molar-refractivity contribution in [2.24, 2.45) is 0 Å². The molecule has 0 spiro atoms. The molecule has 0 unspecified atom stereocenters. The van der Waals surface area contributed by atoms with Crippen LogP contribution in [0.1, 0.15) is 12.8 Å². The average Bonchev–Trinajstić information content (AvgIpc) is 2.92. The Bertz CT molecular complexity index is 1400. The first-order valence-corrected chi connectivity index (χ1v) is 13.1. The smallest absolute Gasteiger partial charge is 0.278 e. The van der Waals surface area contributed by atoms with E-state index in [0.717, 1.165) is 24.5 Å². The molecule has 1 fully saturated rings. The maximum Gasteiger partial charge on any atom is 0.278 e. The van der Waals surface area contributed by atoms with E-state index in [9.17, 15) is 4.79 Å². The Hall–Kier alpha value is -3.69. The highest BCUT2D eigenvalue weighted by molar-refractivity contribution is 9.10. The average molecular weight is 561 g/mol. The number of piperidine rings is 1. The third kappa shape index (κ3) is 5.84. The molecule has 1 saturated heterocycles. The molecule has 0 atom stereocenters. The van der Waals surface area contributed by atoms with E-state index in [1.165, 1.54) is 18.5 Å². The zero-order valence-corrected chi connectivity index (χ0v) is 22.5. The van der Waals surface area contributed by atoms with Gasteiger partial charge in [0.2, 0.25) is 5.95 Å². The van der Waals surface area contributed by atoms with E-state index in [1.807, 2.05) is 48.5 Å². The Morgan fingerprint density at radius 3 is 2.35 bits per heavy atom. The monoisotopic (exact) mass is 559 g/mol. The van der Waals surface area contributed by atoms with Crippen molar-refractivity contribution >= 4 is 44.8 Å². The number of aromatic nitrogens is 3. The normalized spacial score (nSPS) is 14.1. The van der Waals surface area contributed by atoms with Crippen molar-refractivity contribution in [2.45, 2.75) is 18.9 Å². The fourth-order valence-electron chi connectivity index (χ4n) is 4.55. The summed E-state index contributed by atoms with van der Waals surface area (Å²) in [6.45, 7) is 2.12. The highest BCUT2D eigenvalue weighted by Crippen LogP contribution is 2.26. The number of anilines is 5. The van der Waals surface area contributed by atoms with Gasteiger partial charge in [0.05, 0.1) is 4.47 Å². The van der Waals surface area contributed by atoms with Gasteiger partial charge in [-0.05, 0) is 91.4 Å².